The Labute approximate surface area is 118 Å². The van der Waals surface area contributed by atoms with Crippen molar-refractivity contribution in [2.45, 2.75) is 31.0 Å². The van der Waals surface area contributed by atoms with Crippen LogP contribution >= 0.6 is 20.7 Å². The lowest BCUT2D eigenvalue weighted by molar-refractivity contribution is 0.137. The van der Waals surface area contributed by atoms with Crippen LogP contribution in [0.15, 0.2) is 30.3 Å². The molecule has 0 aliphatic carbocycles. The number of hydrogen-bond acceptors (Lipinski definition) is 4. The van der Waals surface area contributed by atoms with Gasteiger partial charge >= 0.3 is 14.1 Å². The summed E-state index contributed by atoms with van der Waals surface area (Å²) < 4.78 is 15.3. The van der Waals surface area contributed by atoms with Crippen molar-refractivity contribution in [3.63, 3.8) is 0 Å². The third-order valence-electron chi connectivity index (χ3n) is 2.36. The summed E-state index contributed by atoms with van der Waals surface area (Å²) >= 11 is 4.19. The second kappa shape index (κ2) is 6.89. The van der Waals surface area contributed by atoms with Crippen molar-refractivity contribution in [2.75, 3.05) is 0 Å². The molecule has 1 rings (SSSR count). The van der Waals surface area contributed by atoms with Crippen LogP contribution in [0.4, 0.5) is 4.79 Å². The maximum Gasteiger partial charge on any atom is 0.532 e. The van der Waals surface area contributed by atoms with Crippen LogP contribution in [-0.4, -0.2) is 21.5 Å². The topological polar surface area (TPSA) is 75.6 Å². The largest absolute Gasteiger partial charge is 0.532 e. The zero-order chi connectivity index (χ0) is 14.5. The normalized spacial score (nSPS) is 13.6. The second-order valence-corrected chi connectivity index (χ2v) is 6.84. The van der Waals surface area contributed by atoms with Gasteiger partial charge in [0.2, 0.25) is 0 Å². The number of nitrogens with one attached hydrogen (secondary N) is 1. The van der Waals surface area contributed by atoms with Crippen LogP contribution in [0.5, 0.6) is 0 Å². The van der Waals surface area contributed by atoms with E-state index in [1.54, 1.807) is 13.8 Å². The van der Waals surface area contributed by atoms with E-state index >= 15 is 0 Å². The van der Waals surface area contributed by atoms with Crippen molar-refractivity contribution in [1.29, 1.82) is 0 Å². The Morgan fingerprint density at radius 3 is 2.53 bits per heavy atom. The molecular weight excluding hydrogens is 285 g/mol. The van der Waals surface area contributed by atoms with Gasteiger partial charge < -0.3 is 4.74 Å². The molecule has 0 aromatic heterocycles. The molecule has 104 valence electrons. The molecule has 0 bridgehead atoms. The number of carbonyl (C=O) groups is 1. The molecule has 5 nitrogen and oxygen atoms in total. The van der Waals surface area contributed by atoms with Crippen molar-refractivity contribution >= 4 is 26.7 Å². The first-order valence-electron chi connectivity index (χ1n) is 5.65. The van der Waals surface area contributed by atoms with E-state index in [2.05, 4.69) is 17.9 Å². The fourth-order valence-corrected chi connectivity index (χ4v) is 2.50. The molecule has 1 amide bonds. The van der Waals surface area contributed by atoms with Gasteiger partial charge in [-0.25, -0.2) is 4.79 Å². The van der Waals surface area contributed by atoms with E-state index in [-0.39, 0.29) is 6.61 Å². The summed E-state index contributed by atoms with van der Waals surface area (Å²) in [5, 5.41) is 2.36. The summed E-state index contributed by atoms with van der Waals surface area (Å²) in [6.07, 6.45) is -0.742. The number of rotatable bonds is 5. The third-order valence-corrected chi connectivity index (χ3v) is 4.04. The Morgan fingerprint density at radius 1 is 1.47 bits per heavy atom. The number of alkyl carbamates (subject to hydrolysis) is 1. The SMILES string of the molecule is CC(C)(S)C(NC(=O)OCc1ccccc1)[P+](=O)O. The summed E-state index contributed by atoms with van der Waals surface area (Å²) in [5.74, 6) is -0.978. The van der Waals surface area contributed by atoms with Gasteiger partial charge in [-0.15, -0.1) is 0 Å². The molecule has 1 aromatic rings. The van der Waals surface area contributed by atoms with Gasteiger partial charge in [-0.1, -0.05) is 30.3 Å². The highest BCUT2D eigenvalue weighted by molar-refractivity contribution is 7.82. The molecule has 0 aliphatic rings. The van der Waals surface area contributed by atoms with E-state index in [4.69, 9.17) is 4.74 Å². The van der Waals surface area contributed by atoms with Gasteiger partial charge in [0.1, 0.15) is 6.61 Å². The van der Waals surface area contributed by atoms with Gasteiger partial charge in [-0.2, -0.15) is 17.5 Å². The molecule has 0 radical (unpaired) electrons. The first kappa shape index (κ1) is 16.0. The van der Waals surface area contributed by atoms with Crippen LogP contribution in [0.25, 0.3) is 0 Å². The Kier molecular flexibility index (Phi) is 5.79. The molecule has 2 N–H and O–H groups in total. The van der Waals surface area contributed by atoms with Crippen molar-refractivity contribution < 1.29 is 19.0 Å². The van der Waals surface area contributed by atoms with Crippen LogP contribution in [0.1, 0.15) is 19.4 Å². The Bertz CT molecular complexity index is 447. The van der Waals surface area contributed by atoms with E-state index < -0.39 is 24.7 Å². The molecule has 0 saturated carbocycles. The minimum Gasteiger partial charge on any atom is -0.445 e. The van der Waals surface area contributed by atoms with E-state index in [0.717, 1.165) is 5.56 Å². The van der Waals surface area contributed by atoms with Gasteiger partial charge in [-0.05, 0) is 24.0 Å². The zero-order valence-electron chi connectivity index (χ0n) is 10.7. The van der Waals surface area contributed by atoms with Gasteiger partial charge in [0.25, 0.3) is 5.78 Å². The number of benzene rings is 1. The Morgan fingerprint density at radius 2 is 2.05 bits per heavy atom. The molecule has 19 heavy (non-hydrogen) atoms. The number of carbonyl (C=O) groups excluding carboxylic acids is 1. The van der Waals surface area contributed by atoms with Crippen LogP contribution in [0.2, 0.25) is 0 Å². The first-order valence-corrected chi connectivity index (χ1v) is 7.38. The average molecular weight is 302 g/mol. The summed E-state index contributed by atoms with van der Waals surface area (Å²) in [6, 6.07) is 9.17. The number of hydrogen-bond donors (Lipinski definition) is 3. The van der Waals surface area contributed by atoms with E-state index in [1.165, 1.54) is 0 Å². The zero-order valence-corrected chi connectivity index (χ0v) is 12.5. The summed E-state index contributed by atoms with van der Waals surface area (Å²) in [4.78, 5) is 20.7. The van der Waals surface area contributed by atoms with Gasteiger partial charge in [-0.3, -0.25) is 5.32 Å². The van der Waals surface area contributed by atoms with Gasteiger partial charge in [0.15, 0.2) is 0 Å². The van der Waals surface area contributed by atoms with Crippen molar-refractivity contribution in [1.82, 2.24) is 5.32 Å². The predicted octanol–water partition coefficient (Wildman–Crippen LogP) is 2.68. The van der Waals surface area contributed by atoms with Crippen LogP contribution < -0.4 is 5.32 Å². The number of amides is 1. The third kappa shape index (κ3) is 5.59. The first-order chi connectivity index (χ1) is 8.80. The van der Waals surface area contributed by atoms with Crippen molar-refractivity contribution in [3.8, 4) is 0 Å². The van der Waals surface area contributed by atoms with Crippen molar-refractivity contribution in [3.05, 3.63) is 35.9 Å². The molecule has 0 fully saturated rings. The van der Waals surface area contributed by atoms with Crippen molar-refractivity contribution in [2.24, 2.45) is 0 Å². The molecule has 7 heteroatoms. The smallest absolute Gasteiger partial charge is 0.445 e. The summed E-state index contributed by atoms with van der Waals surface area (Å²) in [6.45, 7) is 3.39. The van der Waals surface area contributed by atoms with Crippen LogP contribution in [0, 0.1) is 0 Å². The monoisotopic (exact) mass is 302 g/mol. The lowest BCUT2D eigenvalue weighted by Gasteiger charge is -2.20. The molecule has 0 saturated heterocycles. The van der Waals surface area contributed by atoms with Gasteiger partial charge in [0.05, 0.1) is 4.75 Å². The highest BCUT2D eigenvalue weighted by Crippen LogP contribution is 2.33. The standard InChI is InChI=1S/C12H16NO4PS/c1-12(2,19)10(18(15)16)13-11(14)17-8-9-6-4-3-5-7-9/h3-7,10H,8H2,1-2H3,(H2-,13,14,15,16,19)/p+1. The summed E-state index contributed by atoms with van der Waals surface area (Å²) in [5.41, 5.74) is 0.840. The van der Waals surface area contributed by atoms with E-state index in [1.807, 2.05) is 30.3 Å². The Balaban J connectivity index is 2.52. The second-order valence-electron chi connectivity index (χ2n) is 4.56. The Hall–Kier alpha value is -1.10. The maximum absolute atomic E-state index is 11.6. The fourth-order valence-electron chi connectivity index (χ4n) is 1.38. The quantitative estimate of drug-likeness (QED) is 0.577. The predicted molar refractivity (Wildman–Crippen MR) is 76.4 cm³/mol. The molecule has 0 aliphatic heterocycles. The molecular formula is C12H17NO4PS+. The molecule has 0 spiro atoms. The number of ether oxygens (including phenoxy) is 1. The molecule has 0 heterocycles. The van der Waals surface area contributed by atoms with E-state index in [0.29, 0.717) is 0 Å². The minimum absolute atomic E-state index is 0.106. The van der Waals surface area contributed by atoms with Gasteiger partial charge in [0, 0.05) is 0 Å². The summed E-state index contributed by atoms with van der Waals surface area (Å²) in [7, 11) is -2.59. The maximum atomic E-state index is 11.6. The number of thiol groups is 1. The fraction of sp³-hybridized carbons (Fsp3) is 0.417. The minimum atomic E-state index is -2.59. The van der Waals surface area contributed by atoms with E-state index in [9.17, 15) is 14.3 Å². The lowest BCUT2D eigenvalue weighted by atomic mass is 10.2. The van der Waals surface area contributed by atoms with Crippen LogP contribution in [-0.2, 0) is 15.9 Å². The highest BCUT2D eigenvalue weighted by atomic mass is 32.1. The molecule has 2 unspecified atom stereocenters. The molecule has 1 aromatic carbocycles. The highest BCUT2D eigenvalue weighted by Gasteiger charge is 2.43. The average Bonchev–Trinajstić information content (AvgIpc) is 2.33. The van der Waals surface area contributed by atoms with Crippen LogP contribution in [0.3, 0.4) is 0 Å². The lowest BCUT2D eigenvalue weighted by Crippen LogP contribution is -2.44. The molecule has 2 atom stereocenters.